The van der Waals surface area contributed by atoms with Crippen LogP contribution in [0.5, 0.6) is 11.6 Å². The molecule has 0 radical (unpaired) electrons. The molecule has 0 saturated heterocycles. The molecule has 1 aliphatic rings. The first-order valence-electron chi connectivity index (χ1n) is 8.39. The van der Waals surface area contributed by atoms with Gasteiger partial charge in [-0.05, 0) is 49.1 Å². The van der Waals surface area contributed by atoms with Crippen molar-refractivity contribution in [1.29, 1.82) is 0 Å². The SMILES string of the molecule is CCOc1nc(Cl)nc2nc(C3CC3)n(Cc3ccc(OC)cc3)c12. The lowest BCUT2D eigenvalue weighted by Crippen LogP contribution is -2.07. The van der Waals surface area contributed by atoms with E-state index in [0.717, 1.165) is 35.5 Å². The molecular weight excluding hydrogens is 340 g/mol. The minimum atomic E-state index is 0.160. The van der Waals surface area contributed by atoms with Gasteiger partial charge in [-0.2, -0.15) is 9.97 Å². The second kappa shape index (κ2) is 6.52. The number of fused-ring (bicyclic) bond motifs is 1. The Morgan fingerprint density at radius 1 is 1.16 bits per heavy atom. The zero-order valence-electron chi connectivity index (χ0n) is 14.2. The molecule has 2 heterocycles. The predicted molar refractivity (Wildman–Crippen MR) is 95.6 cm³/mol. The van der Waals surface area contributed by atoms with Crippen LogP contribution >= 0.6 is 11.6 Å². The highest BCUT2D eigenvalue weighted by atomic mass is 35.5. The van der Waals surface area contributed by atoms with Gasteiger partial charge in [0.05, 0.1) is 13.7 Å². The number of hydrogen-bond donors (Lipinski definition) is 0. The van der Waals surface area contributed by atoms with Crippen LogP contribution < -0.4 is 9.47 Å². The summed E-state index contributed by atoms with van der Waals surface area (Å²) in [6, 6.07) is 8.03. The third-order valence-electron chi connectivity index (χ3n) is 4.30. The van der Waals surface area contributed by atoms with Gasteiger partial charge in [-0.15, -0.1) is 0 Å². The van der Waals surface area contributed by atoms with Crippen molar-refractivity contribution in [2.24, 2.45) is 0 Å². The molecule has 130 valence electrons. The molecule has 3 aromatic rings. The maximum Gasteiger partial charge on any atom is 0.244 e. The Labute approximate surface area is 150 Å². The van der Waals surface area contributed by atoms with Gasteiger partial charge in [0.2, 0.25) is 11.2 Å². The molecule has 6 nitrogen and oxygen atoms in total. The van der Waals surface area contributed by atoms with Gasteiger partial charge in [0.15, 0.2) is 11.2 Å². The van der Waals surface area contributed by atoms with E-state index in [0.29, 0.717) is 30.6 Å². The number of aromatic nitrogens is 4. The van der Waals surface area contributed by atoms with Gasteiger partial charge in [0.1, 0.15) is 11.6 Å². The quantitative estimate of drug-likeness (QED) is 0.627. The molecule has 0 amide bonds. The van der Waals surface area contributed by atoms with Gasteiger partial charge in [-0.3, -0.25) is 0 Å². The molecule has 25 heavy (non-hydrogen) atoms. The van der Waals surface area contributed by atoms with E-state index in [1.54, 1.807) is 7.11 Å². The van der Waals surface area contributed by atoms with Crippen molar-refractivity contribution in [2.75, 3.05) is 13.7 Å². The van der Waals surface area contributed by atoms with E-state index in [2.05, 4.69) is 26.7 Å². The molecular formula is C18H19ClN4O2. The van der Waals surface area contributed by atoms with E-state index < -0.39 is 0 Å². The van der Waals surface area contributed by atoms with Gasteiger partial charge < -0.3 is 14.0 Å². The van der Waals surface area contributed by atoms with Crippen molar-refractivity contribution in [3.05, 3.63) is 40.9 Å². The van der Waals surface area contributed by atoms with E-state index in [9.17, 15) is 0 Å². The van der Waals surface area contributed by atoms with Crippen molar-refractivity contribution in [1.82, 2.24) is 19.5 Å². The monoisotopic (exact) mass is 358 g/mol. The number of rotatable bonds is 6. The number of nitrogens with zero attached hydrogens (tertiary/aromatic N) is 4. The fourth-order valence-electron chi connectivity index (χ4n) is 2.96. The van der Waals surface area contributed by atoms with Crippen molar-refractivity contribution >= 4 is 22.8 Å². The fraction of sp³-hybridized carbons (Fsp3) is 0.389. The van der Waals surface area contributed by atoms with Crippen LogP contribution in [0.2, 0.25) is 5.28 Å². The van der Waals surface area contributed by atoms with E-state index in [1.165, 1.54) is 0 Å². The minimum Gasteiger partial charge on any atom is -0.497 e. The Morgan fingerprint density at radius 2 is 1.92 bits per heavy atom. The summed E-state index contributed by atoms with van der Waals surface area (Å²) < 4.78 is 13.1. The van der Waals surface area contributed by atoms with Gasteiger partial charge >= 0.3 is 0 Å². The predicted octanol–water partition coefficient (Wildman–Crippen LogP) is 3.81. The highest BCUT2D eigenvalue weighted by Gasteiger charge is 2.31. The topological polar surface area (TPSA) is 62.1 Å². The van der Waals surface area contributed by atoms with E-state index >= 15 is 0 Å². The van der Waals surface area contributed by atoms with Gasteiger partial charge in [0.25, 0.3) is 0 Å². The second-order valence-electron chi connectivity index (χ2n) is 6.08. The van der Waals surface area contributed by atoms with Crippen LogP contribution in [0.4, 0.5) is 0 Å². The lowest BCUT2D eigenvalue weighted by molar-refractivity contribution is 0.329. The van der Waals surface area contributed by atoms with Crippen molar-refractivity contribution in [2.45, 2.75) is 32.2 Å². The lowest BCUT2D eigenvalue weighted by atomic mass is 10.2. The summed E-state index contributed by atoms with van der Waals surface area (Å²) in [6.07, 6.45) is 2.30. The Bertz CT molecular complexity index is 904. The summed E-state index contributed by atoms with van der Waals surface area (Å²) in [4.78, 5) is 13.3. The number of imidazole rings is 1. The number of hydrogen-bond acceptors (Lipinski definition) is 5. The highest BCUT2D eigenvalue weighted by Crippen LogP contribution is 2.42. The Morgan fingerprint density at radius 3 is 2.56 bits per heavy atom. The zero-order valence-corrected chi connectivity index (χ0v) is 15.0. The molecule has 0 N–H and O–H groups in total. The van der Waals surface area contributed by atoms with Crippen LogP contribution in [0.1, 0.15) is 37.1 Å². The maximum absolute atomic E-state index is 6.04. The molecule has 0 unspecified atom stereocenters. The van der Waals surface area contributed by atoms with Crippen molar-refractivity contribution in [3.63, 3.8) is 0 Å². The average molecular weight is 359 g/mol. The third-order valence-corrected chi connectivity index (χ3v) is 4.47. The molecule has 1 aliphatic carbocycles. The third kappa shape index (κ3) is 3.14. The molecule has 0 atom stereocenters. The fourth-order valence-corrected chi connectivity index (χ4v) is 3.12. The maximum atomic E-state index is 6.04. The van der Waals surface area contributed by atoms with Crippen LogP contribution in [0.15, 0.2) is 24.3 Å². The largest absolute Gasteiger partial charge is 0.497 e. The van der Waals surface area contributed by atoms with E-state index in [1.807, 2.05) is 19.1 Å². The van der Waals surface area contributed by atoms with Crippen LogP contribution in [0, 0.1) is 0 Å². The van der Waals surface area contributed by atoms with Crippen molar-refractivity contribution < 1.29 is 9.47 Å². The number of benzene rings is 1. The molecule has 1 saturated carbocycles. The molecule has 1 aromatic carbocycles. The summed E-state index contributed by atoms with van der Waals surface area (Å²) in [5.41, 5.74) is 2.56. The smallest absolute Gasteiger partial charge is 0.244 e. The van der Waals surface area contributed by atoms with Crippen LogP contribution in [0.25, 0.3) is 11.2 Å². The summed E-state index contributed by atoms with van der Waals surface area (Å²) in [5, 5.41) is 0.160. The van der Waals surface area contributed by atoms with E-state index in [-0.39, 0.29) is 5.28 Å². The lowest BCUT2D eigenvalue weighted by Gasteiger charge is -2.11. The van der Waals surface area contributed by atoms with E-state index in [4.69, 9.17) is 26.1 Å². The normalized spacial score (nSPS) is 14.0. The standard InChI is InChI=1S/C18H19ClN4O2/c1-3-25-17-14-15(21-18(19)22-17)20-16(12-6-7-12)23(14)10-11-4-8-13(24-2)9-5-11/h4-5,8-9,12H,3,6-7,10H2,1-2H3. The molecule has 4 rings (SSSR count). The Kier molecular flexibility index (Phi) is 4.21. The molecule has 0 spiro atoms. The first-order valence-corrected chi connectivity index (χ1v) is 8.76. The summed E-state index contributed by atoms with van der Waals surface area (Å²) in [5.74, 6) is 2.83. The second-order valence-corrected chi connectivity index (χ2v) is 6.42. The first-order chi connectivity index (χ1) is 12.2. The number of halogens is 1. The van der Waals surface area contributed by atoms with Crippen LogP contribution in [0.3, 0.4) is 0 Å². The Balaban J connectivity index is 1.83. The average Bonchev–Trinajstić information content (AvgIpc) is 3.39. The van der Waals surface area contributed by atoms with Crippen LogP contribution in [-0.4, -0.2) is 33.2 Å². The van der Waals surface area contributed by atoms with Gasteiger partial charge in [-0.25, -0.2) is 4.98 Å². The van der Waals surface area contributed by atoms with Crippen LogP contribution in [-0.2, 0) is 6.54 Å². The number of methoxy groups -OCH3 is 1. The summed E-state index contributed by atoms with van der Waals surface area (Å²) in [7, 11) is 1.67. The molecule has 2 aromatic heterocycles. The Hall–Kier alpha value is -2.34. The van der Waals surface area contributed by atoms with Crippen molar-refractivity contribution in [3.8, 4) is 11.6 Å². The highest BCUT2D eigenvalue weighted by molar-refractivity contribution is 6.28. The number of ether oxygens (including phenoxy) is 2. The summed E-state index contributed by atoms with van der Waals surface area (Å²) >= 11 is 6.04. The molecule has 0 bridgehead atoms. The molecule has 0 aliphatic heterocycles. The zero-order chi connectivity index (χ0) is 17.4. The van der Waals surface area contributed by atoms with Gasteiger partial charge in [0, 0.05) is 12.5 Å². The van der Waals surface area contributed by atoms with Gasteiger partial charge in [-0.1, -0.05) is 12.1 Å². The molecule has 7 heteroatoms. The first kappa shape index (κ1) is 16.1. The molecule has 1 fully saturated rings. The summed E-state index contributed by atoms with van der Waals surface area (Å²) in [6.45, 7) is 3.11. The minimum absolute atomic E-state index is 0.160.